The van der Waals surface area contributed by atoms with Crippen LogP contribution in [0.3, 0.4) is 0 Å². The highest BCUT2D eigenvalue weighted by Crippen LogP contribution is 2.68. The molecule has 0 aliphatic carbocycles. The van der Waals surface area contributed by atoms with Crippen molar-refractivity contribution < 1.29 is 24.2 Å². The minimum Gasteiger partial charge on any atom is -0.461 e. The Bertz CT molecular complexity index is 918. The molecule has 0 aromatic carbocycles. The average Bonchev–Trinajstić information content (AvgIpc) is 3.36. The molecule has 9 heteroatoms. The van der Waals surface area contributed by atoms with Gasteiger partial charge in [0.25, 0.3) is 0 Å². The van der Waals surface area contributed by atoms with E-state index in [2.05, 4.69) is 49.9 Å². The van der Waals surface area contributed by atoms with E-state index in [1.807, 2.05) is 18.7 Å². The molecule has 3 unspecified atom stereocenters. The first-order valence-corrected chi connectivity index (χ1v) is 14.4. The van der Waals surface area contributed by atoms with E-state index in [0.29, 0.717) is 13.0 Å². The highest BCUT2D eigenvalue weighted by Gasteiger charge is 2.76. The van der Waals surface area contributed by atoms with Crippen LogP contribution in [0.15, 0.2) is 25.3 Å². The number of carbonyl (C=O) groups excluding carboxylic acids is 3. The predicted molar refractivity (Wildman–Crippen MR) is 147 cm³/mol. The number of likely N-dealkylation sites (tertiary alicyclic amines) is 1. The van der Waals surface area contributed by atoms with Crippen LogP contribution in [-0.2, 0) is 19.1 Å². The second kappa shape index (κ2) is 10.4. The third-order valence-electron chi connectivity index (χ3n) is 7.59. The van der Waals surface area contributed by atoms with E-state index in [4.69, 9.17) is 4.74 Å². The van der Waals surface area contributed by atoms with Gasteiger partial charge in [0.15, 0.2) is 0 Å². The Morgan fingerprint density at radius 1 is 1.31 bits per heavy atom. The number of esters is 1. The molecule has 7 nitrogen and oxygen atoms in total. The number of alkyl halides is 1. The molecule has 2 amide bonds. The normalized spacial score (nSPS) is 32.3. The molecule has 0 radical (unpaired) electrons. The van der Waals surface area contributed by atoms with Crippen LogP contribution in [0.1, 0.15) is 54.4 Å². The number of hydrogen-bond donors (Lipinski definition) is 1. The lowest BCUT2D eigenvalue weighted by atomic mass is 9.70. The standard InChI is InChI=1S/C27H41BrN2O5S/c1-9-11-29(26(7,8)15-25(4,5)6)23(33)21-27-13-17(28)20(36-27)18(24(34)35-12-10-2)19(27)22(32)30(21)16(3)14-31/h9-10,16-21,31H,1-2,11-15H2,3-8H3/t16-,17?,18+,19+,20+,21?,27?/m1/s1. The Balaban J connectivity index is 2.11. The molecule has 202 valence electrons. The van der Waals surface area contributed by atoms with Crippen LogP contribution >= 0.6 is 27.7 Å². The van der Waals surface area contributed by atoms with E-state index in [-0.39, 0.29) is 40.5 Å². The number of aliphatic hydroxyl groups is 1. The van der Waals surface area contributed by atoms with Crippen LogP contribution in [0.4, 0.5) is 0 Å². The second-order valence-corrected chi connectivity index (χ2v) is 14.9. The van der Waals surface area contributed by atoms with Crippen LogP contribution in [0, 0.1) is 17.3 Å². The van der Waals surface area contributed by atoms with Crippen molar-refractivity contribution in [3.8, 4) is 0 Å². The smallest absolute Gasteiger partial charge is 0.311 e. The van der Waals surface area contributed by atoms with Gasteiger partial charge in [0, 0.05) is 22.2 Å². The summed E-state index contributed by atoms with van der Waals surface area (Å²) in [6.45, 7) is 19.9. The molecule has 1 spiro atoms. The quantitative estimate of drug-likeness (QED) is 0.239. The number of amides is 2. The van der Waals surface area contributed by atoms with Crippen LogP contribution < -0.4 is 0 Å². The van der Waals surface area contributed by atoms with Gasteiger partial charge in [0.2, 0.25) is 11.8 Å². The van der Waals surface area contributed by atoms with Crippen molar-refractivity contribution in [2.45, 2.75) is 86.8 Å². The van der Waals surface area contributed by atoms with Crippen LogP contribution in [-0.4, -0.2) is 84.9 Å². The molecule has 3 aliphatic rings. The Morgan fingerprint density at radius 2 is 1.94 bits per heavy atom. The molecule has 1 N–H and O–H groups in total. The number of halogens is 1. The lowest BCUT2D eigenvalue weighted by Gasteiger charge is -2.46. The van der Waals surface area contributed by atoms with E-state index in [1.165, 1.54) is 6.08 Å². The van der Waals surface area contributed by atoms with Crippen molar-refractivity contribution in [3.63, 3.8) is 0 Å². The molecule has 3 rings (SSSR count). The molecule has 0 aromatic rings. The van der Waals surface area contributed by atoms with Crippen molar-refractivity contribution in [1.29, 1.82) is 0 Å². The first-order valence-electron chi connectivity index (χ1n) is 12.6. The van der Waals surface area contributed by atoms with Crippen molar-refractivity contribution in [3.05, 3.63) is 25.3 Å². The fraction of sp³-hybridized carbons (Fsp3) is 0.741. The number of nitrogens with zero attached hydrogens (tertiary/aromatic N) is 2. The van der Waals surface area contributed by atoms with Gasteiger partial charge in [0.1, 0.15) is 12.6 Å². The summed E-state index contributed by atoms with van der Waals surface area (Å²) in [5, 5.41) is 9.91. The minimum absolute atomic E-state index is 0.0326. The van der Waals surface area contributed by atoms with Crippen LogP contribution in [0.25, 0.3) is 0 Å². The van der Waals surface area contributed by atoms with E-state index in [9.17, 15) is 19.5 Å². The third kappa shape index (κ3) is 4.92. The number of aliphatic hydroxyl groups excluding tert-OH is 1. The summed E-state index contributed by atoms with van der Waals surface area (Å²) < 4.78 is 4.64. The number of fused-ring (bicyclic) bond motifs is 1. The Kier molecular flexibility index (Phi) is 8.48. The van der Waals surface area contributed by atoms with Crippen molar-refractivity contribution in [1.82, 2.24) is 9.80 Å². The molecule has 0 saturated carbocycles. The summed E-state index contributed by atoms with van der Waals surface area (Å²) in [4.78, 5) is 45.1. The fourth-order valence-corrected chi connectivity index (χ4v) is 10.3. The molecule has 0 aromatic heterocycles. The van der Waals surface area contributed by atoms with Crippen molar-refractivity contribution in [2.75, 3.05) is 19.8 Å². The first kappa shape index (κ1) is 29.2. The van der Waals surface area contributed by atoms with E-state index in [1.54, 1.807) is 29.7 Å². The largest absolute Gasteiger partial charge is 0.461 e. The van der Waals surface area contributed by atoms with Gasteiger partial charge in [-0.1, -0.05) is 55.4 Å². The zero-order valence-electron chi connectivity index (χ0n) is 22.3. The maximum Gasteiger partial charge on any atom is 0.311 e. The Hall–Kier alpha value is -1.32. The maximum absolute atomic E-state index is 14.6. The van der Waals surface area contributed by atoms with Crippen molar-refractivity contribution >= 4 is 45.5 Å². The molecule has 3 heterocycles. The van der Waals surface area contributed by atoms with E-state index >= 15 is 0 Å². The van der Waals surface area contributed by atoms with Gasteiger partial charge in [-0.15, -0.1) is 18.3 Å². The monoisotopic (exact) mass is 584 g/mol. The number of hydrogen-bond acceptors (Lipinski definition) is 6. The molecule has 36 heavy (non-hydrogen) atoms. The topological polar surface area (TPSA) is 87.1 Å². The third-order valence-corrected chi connectivity index (χ3v) is 10.8. The van der Waals surface area contributed by atoms with Crippen LogP contribution in [0.5, 0.6) is 0 Å². The summed E-state index contributed by atoms with van der Waals surface area (Å²) >= 11 is 5.32. The zero-order valence-corrected chi connectivity index (χ0v) is 24.7. The highest BCUT2D eigenvalue weighted by atomic mass is 79.9. The molecule has 3 fully saturated rings. The van der Waals surface area contributed by atoms with Crippen molar-refractivity contribution in [2.24, 2.45) is 17.3 Å². The molecule has 7 atom stereocenters. The second-order valence-electron chi connectivity index (χ2n) is 12.1. The fourth-order valence-electron chi connectivity index (χ4n) is 6.72. The molecular weight excluding hydrogens is 544 g/mol. The Labute approximate surface area is 228 Å². The summed E-state index contributed by atoms with van der Waals surface area (Å²) in [7, 11) is 0. The summed E-state index contributed by atoms with van der Waals surface area (Å²) in [6.07, 6.45) is 4.55. The van der Waals surface area contributed by atoms with Gasteiger partial charge >= 0.3 is 5.97 Å². The first-order chi connectivity index (χ1) is 16.7. The zero-order chi connectivity index (χ0) is 27.2. The number of thioether (sulfide) groups is 1. The van der Waals surface area contributed by atoms with E-state index < -0.39 is 40.2 Å². The SMILES string of the molecule is C=CCOC(=O)[C@H]1[C@H]2C(=O)N([C@H](C)CO)C(C(=O)N(CC=C)C(C)(C)CC(C)(C)C)C23CC(Br)[C@@H]1S3. The van der Waals surface area contributed by atoms with E-state index in [0.717, 1.165) is 6.42 Å². The van der Waals surface area contributed by atoms with Gasteiger partial charge in [-0.25, -0.2) is 0 Å². The van der Waals surface area contributed by atoms with Gasteiger partial charge < -0.3 is 19.6 Å². The molecule has 2 bridgehead atoms. The Morgan fingerprint density at radius 3 is 2.47 bits per heavy atom. The van der Waals surface area contributed by atoms with Gasteiger partial charge in [-0.2, -0.15) is 0 Å². The lowest BCUT2D eigenvalue weighted by Crippen LogP contribution is -2.61. The molecule has 3 aliphatic heterocycles. The maximum atomic E-state index is 14.6. The number of ether oxygens (including phenoxy) is 1. The average molecular weight is 586 g/mol. The molecule has 3 saturated heterocycles. The summed E-state index contributed by atoms with van der Waals surface area (Å²) in [5.41, 5.74) is -0.540. The number of rotatable bonds is 10. The minimum atomic E-state index is -0.802. The van der Waals surface area contributed by atoms with Gasteiger partial charge in [-0.05, 0) is 39.0 Å². The number of carbonyl (C=O) groups is 3. The predicted octanol–water partition coefficient (Wildman–Crippen LogP) is 3.79. The van der Waals surface area contributed by atoms with Gasteiger partial charge in [0.05, 0.1) is 29.2 Å². The van der Waals surface area contributed by atoms with Crippen LogP contribution in [0.2, 0.25) is 0 Å². The van der Waals surface area contributed by atoms with Gasteiger partial charge in [-0.3, -0.25) is 14.4 Å². The highest BCUT2D eigenvalue weighted by molar-refractivity contribution is 9.09. The molecular formula is C27H41BrN2O5S. The summed E-state index contributed by atoms with van der Waals surface area (Å²) in [6, 6.07) is -1.37. The summed E-state index contributed by atoms with van der Waals surface area (Å²) in [5.74, 6) is -2.19. The lowest BCUT2D eigenvalue weighted by molar-refractivity contribution is -0.153.